The number of anilines is 3. The maximum absolute atomic E-state index is 12.1. The Balaban J connectivity index is 1.62. The van der Waals surface area contributed by atoms with Crippen molar-refractivity contribution in [3.8, 4) is 0 Å². The van der Waals surface area contributed by atoms with Crippen LogP contribution in [0, 0.1) is 0 Å². The van der Waals surface area contributed by atoms with Gasteiger partial charge in [-0.1, -0.05) is 0 Å². The van der Waals surface area contributed by atoms with E-state index >= 15 is 0 Å². The Bertz CT molecular complexity index is 815. The number of rotatable bonds is 5. The standard InChI is InChI=1S/C23H39N7O4/c1-22(2,3)33-20(31)25-15-8-10-29(13-15)18-12-17(24-7)27-19(28-18)30-11-9-16(14-30)26-21(32)34-23(4,5)6/h12,15-16H,8-11,13-14H2,1-7H3,(H,25,31)(H,26,32)(H,24,27,28). The van der Waals surface area contributed by atoms with Crippen LogP contribution in [0.15, 0.2) is 6.07 Å². The van der Waals surface area contributed by atoms with E-state index < -0.39 is 23.4 Å². The largest absolute Gasteiger partial charge is 0.444 e. The van der Waals surface area contributed by atoms with Crippen LogP contribution in [0.5, 0.6) is 0 Å². The van der Waals surface area contributed by atoms with Gasteiger partial charge in [0, 0.05) is 39.3 Å². The highest BCUT2D eigenvalue weighted by atomic mass is 16.6. The second-order valence-electron chi connectivity index (χ2n) is 10.8. The molecule has 0 aliphatic carbocycles. The van der Waals surface area contributed by atoms with Crippen LogP contribution in [0.3, 0.4) is 0 Å². The van der Waals surface area contributed by atoms with Gasteiger partial charge in [0.25, 0.3) is 0 Å². The second kappa shape index (κ2) is 10.1. The molecule has 190 valence electrons. The maximum atomic E-state index is 12.1. The van der Waals surface area contributed by atoms with E-state index in [2.05, 4.69) is 30.7 Å². The molecule has 2 unspecified atom stereocenters. The molecule has 0 radical (unpaired) electrons. The van der Waals surface area contributed by atoms with Crippen molar-refractivity contribution in [2.75, 3.05) is 48.3 Å². The van der Waals surface area contributed by atoms with Crippen LogP contribution in [0.25, 0.3) is 0 Å². The van der Waals surface area contributed by atoms with Crippen molar-refractivity contribution in [2.45, 2.75) is 77.7 Å². The van der Waals surface area contributed by atoms with Gasteiger partial charge >= 0.3 is 12.2 Å². The molecule has 2 atom stereocenters. The van der Waals surface area contributed by atoms with Crippen molar-refractivity contribution in [1.29, 1.82) is 0 Å². The third kappa shape index (κ3) is 7.53. The van der Waals surface area contributed by atoms with Crippen molar-refractivity contribution in [3.63, 3.8) is 0 Å². The minimum atomic E-state index is -0.534. The third-order valence-corrected chi connectivity index (χ3v) is 5.38. The lowest BCUT2D eigenvalue weighted by Gasteiger charge is -2.24. The fourth-order valence-corrected chi connectivity index (χ4v) is 3.95. The van der Waals surface area contributed by atoms with E-state index in [-0.39, 0.29) is 12.1 Å². The van der Waals surface area contributed by atoms with Crippen molar-refractivity contribution >= 4 is 29.8 Å². The van der Waals surface area contributed by atoms with E-state index in [9.17, 15) is 9.59 Å². The quantitative estimate of drug-likeness (QED) is 0.588. The first-order valence-electron chi connectivity index (χ1n) is 11.9. The van der Waals surface area contributed by atoms with Crippen molar-refractivity contribution < 1.29 is 19.1 Å². The Morgan fingerprint density at radius 1 is 0.882 bits per heavy atom. The number of nitrogens with zero attached hydrogens (tertiary/aromatic N) is 4. The van der Waals surface area contributed by atoms with Crippen LogP contribution in [0.2, 0.25) is 0 Å². The highest BCUT2D eigenvalue weighted by Gasteiger charge is 2.30. The first kappa shape index (κ1) is 25.6. The van der Waals surface area contributed by atoms with Gasteiger partial charge in [0.1, 0.15) is 22.8 Å². The van der Waals surface area contributed by atoms with Gasteiger partial charge in [-0.3, -0.25) is 0 Å². The van der Waals surface area contributed by atoms with Crippen molar-refractivity contribution in [1.82, 2.24) is 20.6 Å². The fourth-order valence-electron chi connectivity index (χ4n) is 3.95. The summed E-state index contributed by atoms with van der Waals surface area (Å²) in [6, 6.07) is 1.86. The molecule has 2 aliphatic rings. The highest BCUT2D eigenvalue weighted by Crippen LogP contribution is 2.26. The van der Waals surface area contributed by atoms with Crippen LogP contribution in [0.4, 0.5) is 27.2 Å². The minimum absolute atomic E-state index is 0.0134. The van der Waals surface area contributed by atoms with Crippen LogP contribution in [-0.4, -0.2) is 78.7 Å². The van der Waals surface area contributed by atoms with Crippen molar-refractivity contribution in [2.24, 2.45) is 0 Å². The van der Waals surface area contributed by atoms with E-state index in [1.54, 1.807) is 0 Å². The summed E-state index contributed by atoms with van der Waals surface area (Å²) in [6.45, 7) is 13.8. The second-order valence-corrected chi connectivity index (χ2v) is 10.8. The van der Waals surface area contributed by atoms with E-state index in [4.69, 9.17) is 14.5 Å². The summed E-state index contributed by atoms with van der Waals surface area (Å²) in [5.74, 6) is 2.12. The zero-order valence-corrected chi connectivity index (χ0v) is 21.4. The molecule has 3 rings (SSSR count). The van der Waals surface area contributed by atoms with Crippen molar-refractivity contribution in [3.05, 3.63) is 6.07 Å². The number of hydrogen-bond donors (Lipinski definition) is 3. The monoisotopic (exact) mass is 477 g/mol. The number of carbonyl (C=O) groups excluding carboxylic acids is 2. The molecule has 2 amide bonds. The normalized spacial score (nSPS) is 20.8. The average molecular weight is 478 g/mol. The van der Waals surface area contributed by atoms with Crippen LogP contribution in [0.1, 0.15) is 54.4 Å². The van der Waals surface area contributed by atoms with Gasteiger partial charge in [0.2, 0.25) is 5.95 Å². The van der Waals surface area contributed by atoms with Gasteiger partial charge in [0.15, 0.2) is 0 Å². The van der Waals surface area contributed by atoms with Gasteiger partial charge in [-0.15, -0.1) is 0 Å². The number of nitrogens with one attached hydrogen (secondary N) is 3. The smallest absolute Gasteiger partial charge is 0.407 e. The highest BCUT2D eigenvalue weighted by molar-refractivity contribution is 5.69. The minimum Gasteiger partial charge on any atom is -0.444 e. The number of hydrogen-bond acceptors (Lipinski definition) is 9. The van der Waals surface area contributed by atoms with Gasteiger partial charge in [-0.05, 0) is 54.4 Å². The number of ether oxygens (including phenoxy) is 2. The predicted molar refractivity (Wildman–Crippen MR) is 132 cm³/mol. The summed E-state index contributed by atoms with van der Waals surface area (Å²) in [7, 11) is 1.82. The average Bonchev–Trinajstić information content (AvgIpc) is 3.34. The Labute approximate surface area is 202 Å². The molecule has 3 N–H and O–H groups in total. The SMILES string of the molecule is CNc1cc(N2CCC(NC(=O)OC(C)(C)C)C2)nc(N2CCC(NC(=O)OC(C)(C)C)C2)n1. The lowest BCUT2D eigenvalue weighted by molar-refractivity contribution is 0.0497. The van der Waals surface area contributed by atoms with Gasteiger partial charge in [-0.25, -0.2) is 9.59 Å². The number of carbonyl (C=O) groups is 2. The third-order valence-electron chi connectivity index (χ3n) is 5.38. The molecule has 2 aliphatic heterocycles. The number of alkyl carbamates (subject to hydrolysis) is 2. The maximum Gasteiger partial charge on any atom is 0.407 e. The molecular formula is C23H39N7O4. The van der Waals surface area contributed by atoms with E-state index in [0.29, 0.717) is 24.9 Å². The molecule has 2 fully saturated rings. The predicted octanol–water partition coefficient (Wildman–Crippen LogP) is 2.73. The molecule has 0 aromatic carbocycles. The van der Waals surface area contributed by atoms with E-state index in [1.807, 2.05) is 54.7 Å². The number of aromatic nitrogens is 2. The molecule has 11 heteroatoms. The Hall–Kier alpha value is -2.98. The fraction of sp³-hybridized carbons (Fsp3) is 0.739. The lowest BCUT2D eigenvalue weighted by Crippen LogP contribution is -2.41. The zero-order valence-electron chi connectivity index (χ0n) is 21.4. The van der Waals surface area contributed by atoms with Gasteiger partial charge < -0.3 is 35.2 Å². The van der Waals surface area contributed by atoms with Gasteiger partial charge in [-0.2, -0.15) is 9.97 Å². The molecule has 3 heterocycles. The Morgan fingerprint density at radius 3 is 1.88 bits per heavy atom. The number of amides is 2. The molecular weight excluding hydrogens is 438 g/mol. The summed E-state index contributed by atoms with van der Waals surface area (Å²) < 4.78 is 10.8. The molecule has 1 aromatic heterocycles. The molecule has 1 aromatic rings. The summed E-state index contributed by atoms with van der Waals surface area (Å²) in [4.78, 5) is 37.9. The molecule has 0 spiro atoms. The summed E-state index contributed by atoms with van der Waals surface area (Å²) in [5.41, 5.74) is -1.06. The summed E-state index contributed by atoms with van der Waals surface area (Å²) in [5, 5.41) is 9.00. The molecule has 0 saturated carbocycles. The van der Waals surface area contributed by atoms with E-state index in [0.717, 1.165) is 31.7 Å². The molecule has 34 heavy (non-hydrogen) atoms. The Morgan fingerprint density at radius 2 is 1.38 bits per heavy atom. The van der Waals surface area contributed by atoms with E-state index in [1.165, 1.54) is 0 Å². The first-order valence-corrected chi connectivity index (χ1v) is 11.9. The summed E-state index contributed by atoms with van der Waals surface area (Å²) >= 11 is 0. The topological polar surface area (TPSA) is 121 Å². The zero-order chi connectivity index (χ0) is 25.1. The van der Waals surface area contributed by atoms with Crippen LogP contribution >= 0.6 is 0 Å². The molecule has 0 bridgehead atoms. The van der Waals surface area contributed by atoms with Crippen LogP contribution in [-0.2, 0) is 9.47 Å². The van der Waals surface area contributed by atoms with Gasteiger partial charge in [0.05, 0.1) is 12.1 Å². The Kier molecular flexibility index (Phi) is 7.62. The summed E-state index contributed by atoms with van der Waals surface area (Å²) in [6.07, 6.45) is 0.775. The van der Waals surface area contributed by atoms with Crippen LogP contribution < -0.4 is 25.8 Å². The molecule has 2 saturated heterocycles. The first-order chi connectivity index (χ1) is 15.8. The lowest BCUT2D eigenvalue weighted by atomic mass is 10.2. The molecule has 11 nitrogen and oxygen atoms in total.